The van der Waals surface area contributed by atoms with Crippen molar-refractivity contribution >= 4 is 46.2 Å². The van der Waals surface area contributed by atoms with Crippen molar-refractivity contribution in [1.82, 2.24) is 14.5 Å². The zero-order chi connectivity index (χ0) is 24.3. The van der Waals surface area contributed by atoms with Gasteiger partial charge in [0.2, 0.25) is 0 Å². The van der Waals surface area contributed by atoms with Crippen LogP contribution < -0.4 is 4.90 Å². The average molecular weight is 556 g/mol. The van der Waals surface area contributed by atoms with Gasteiger partial charge in [-0.25, -0.2) is 9.97 Å². The highest BCUT2D eigenvalue weighted by Crippen LogP contribution is 2.35. The van der Waals surface area contributed by atoms with Gasteiger partial charge in [0.15, 0.2) is 5.13 Å². The summed E-state index contributed by atoms with van der Waals surface area (Å²) in [7, 11) is -1.15. The van der Waals surface area contributed by atoms with Crippen LogP contribution in [0.5, 0.6) is 0 Å². The number of hydrogen-bond acceptors (Lipinski definition) is 5. The Hall–Kier alpha value is -2.26. The van der Waals surface area contributed by atoms with Crippen molar-refractivity contribution in [2.75, 3.05) is 18.2 Å². The van der Waals surface area contributed by atoms with E-state index >= 15 is 0 Å². The summed E-state index contributed by atoms with van der Waals surface area (Å²) < 4.78 is 9.23. The molecule has 2 heterocycles. The molecule has 4 rings (SSSR count). The minimum absolute atomic E-state index is 0.480. The van der Waals surface area contributed by atoms with E-state index in [2.05, 4.69) is 100 Å². The predicted octanol–water partition coefficient (Wildman–Crippen LogP) is 7.83. The molecule has 0 bridgehead atoms. The summed E-state index contributed by atoms with van der Waals surface area (Å²) in [6.07, 6.45) is 3.86. The SMILES string of the molecule is Cc1cn(-c2ccc(-c3csc(N(COCC[Si](C)(C)C)c4cc(Br)ccc4C)n3)cc2)cn1. The normalized spacial score (nSPS) is 11.7. The summed E-state index contributed by atoms with van der Waals surface area (Å²) in [5, 5.41) is 3.05. The Labute approximate surface area is 215 Å². The van der Waals surface area contributed by atoms with Crippen LogP contribution in [0.2, 0.25) is 25.7 Å². The third-order valence-electron chi connectivity index (χ3n) is 5.57. The van der Waals surface area contributed by atoms with E-state index in [4.69, 9.17) is 9.72 Å². The zero-order valence-corrected chi connectivity index (χ0v) is 23.8. The van der Waals surface area contributed by atoms with Crippen LogP contribution in [0.1, 0.15) is 11.3 Å². The fourth-order valence-electron chi connectivity index (χ4n) is 3.52. The Morgan fingerprint density at radius 3 is 2.53 bits per heavy atom. The van der Waals surface area contributed by atoms with Crippen LogP contribution in [0.3, 0.4) is 0 Å². The van der Waals surface area contributed by atoms with Gasteiger partial charge in [-0.15, -0.1) is 11.3 Å². The van der Waals surface area contributed by atoms with Gasteiger partial charge < -0.3 is 9.30 Å². The van der Waals surface area contributed by atoms with Gasteiger partial charge in [-0.05, 0) is 49.7 Å². The topological polar surface area (TPSA) is 43.2 Å². The second kappa shape index (κ2) is 10.6. The van der Waals surface area contributed by atoms with E-state index < -0.39 is 8.07 Å². The van der Waals surface area contributed by atoms with Crippen LogP contribution >= 0.6 is 27.3 Å². The number of rotatable bonds is 9. The molecular weight excluding hydrogens is 524 g/mol. The molecule has 0 amide bonds. The van der Waals surface area contributed by atoms with Gasteiger partial charge in [-0.1, -0.05) is 53.8 Å². The Balaban J connectivity index is 1.57. The molecule has 0 atom stereocenters. The summed E-state index contributed by atoms with van der Waals surface area (Å²) in [6.45, 7) is 12.5. The summed E-state index contributed by atoms with van der Waals surface area (Å²) in [6, 6.07) is 15.9. The van der Waals surface area contributed by atoms with Gasteiger partial charge in [0, 0.05) is 47.7 Å². The molecular formula is C26H31BrN4OSSi. The summed E-state index contributed by atoms with van der Waals surface area (Å²) >= 11 is 5.27. The Morgan fingerprint density at radius 2 is 1.85 bits per heavy atom. The molecule has 178 valence electrons. The third-order valence-corrected chi connectivity index (χ3v) is 8.64. The molecule has 8 heteroatoms. The molecule has 0 spiro atoms. The van der Waals surface area contributed by atoms with Crippen LogP contribution in [0, 0.1) is 13.8 Å². The molecule has 2 aromatic carbocycles. The number of halogens is 1. The maximum absolute atomic E-state index is 6.16. The van der Waals surface area contributed by atoms with Gasteiger partial charge >= 0.3 is 0 Å². The van der Waals surface area contributed by atoms with E-state index in [1.165, 1.54) is 5.56 Å². The standard InChI is InChI=1S/C26H31BrN4OSSi/c1-19-6-9-22(27)14-25(19)31(18-32-12-13-34(3,4)5)26-29-24(16-33-26)21-7-10-23(11-8-21)30-15-20(2)28-17-30/h6-11,14-17H,12-13,18H2,1-5H3. The molecule has 0 saturated heterocycles. The highest BCUT2D eigenvalue weighted by molar-refractivity contribution is 9.10. The van der Waals surface area contributed by atoms with Crippen LogP contribution in [0.4, 0.5) is 10.8 Å². The fourth-order valence-corrected chi connectivity index (χ4v) is 5.46. The van der Waals surface area contributed by atoms with Gasteiger partial charge in [-0.3, -0.25) is 4.90 Å². The zero-order valence-electron chi connectivity index (χ0n) is 20.4. The second-order valence-electron chi connectivity index (χ2n) is 9.69. The fraction of sp³-hybridized carbons (Fsp3) is 0.308. The Bertz CT molecular complexity index is 1250. The molecule has 0 aliphatic rings. The highest BCUT2D eigenvalue weighted by atomic mass is 79.9. The average Bonchev–Trinajstić information content (AvgIpc) is 3.45. The molecule has 34 heavy (non-hydrogen) atoms. The van der Waals surface area contributed by atoms with Gasteiger partial charge in [-0.2, -0.15) is 0 Å². The van der Waals surface area contributed by atoms with Crippen molar-refractivity contribution in [2.24, 2.45) is 0 Å². The number of thiazole rings is 1. The van der Waals surface area contributed by atoms with Crippen molar-refractivity contribution in [2.45, 2.75) is 39.5 Å². The smallest absolute Gasteiger partial charge is 0.192 e. The van der Waals surface area contributed by atoms with Crippen LogP contribution in [-0.4, -0.2) is 35.9 Å². The first-order valence-corrected chi connectivity index (χ1v) is 16.8. The molecule has 2 aromatic heterocycles. The van der Waals surface area contributed by atoms with Gasteiger partial charge in [0.25, 0.3) is 0 Å². The maximum Gasteiger partial charge on any atom is 0.192 e. The number of benzene rings is 2. The lowest BCUT2D eigenvalue weighted by molar-refractivity contribution is 0.153. The van der Waals surface area contributed by atoms with Crippen LogP contribution in [0.15, 0.2) is 64.8 Å². The lowest BCUT2D eigenvalue weighted by Crippen LogP contribution is -2.26. The number of aromatic nitrogens is 3. The molecule has 0 aliphatic heterocycles. The monoisotopic (exact) mass is 554 g/mol. The molecule has 0 fully saturated rings. The lowest BCUT2D eigenvalue weighted by atomic mass is 10.1. The summed E-state index contributed by atoms with van der Waals surface area (Å²) in [5.74, 6) is 0. The number of anilines is 2. The summed E-state index contributed by atoms with van der Waals surface area (Å²) in [5.41, 5.74) is 6.44. The van der Waals surface area contributed by atoms with Crippen molar-refractivity contribution in [1.29, 1.82) is 0 Å². The van der Waals surface area contributed by atoms with Crippen molar-refractivity contribution in [3.63, 3.8) is 0 Å². The van der Waals surface area contributed by atoms with E-state index in [0.29, 0.717) is 6.73 Å². The van der Waals surface area contributed by atoms with E-state index in [0.717, 1.165) is 50.6 Å². The maximum atomic E-state index is 6.16. The number of ether oxygens (including phenoxy) is 1. The van der Waals surface area contributed by atoms with Crippen molar-refractivity contribution in [3.8, 4) is 16.9 Å². The minimum atomic E-state index is -1.15. The summed E-state index contributed by atoms with van der Waals surface area (Å²) in [4.78, 5) is 11.5. The number of aryl methyl sites for hydroxylation is 2. The first-order chi connectivity index (χ1) is 16.2. The largest absolute Gasteiger partial charge is 0.361 e. The van der Waals surface area contributed by atoms with Crippen LogP contribution in [0.25, 0.3) is 16.9 Å². The molecule has 0 unspecified atom stereocenters. The van der Waals surface area contributed by atoms with E-state index in [1.807, 2.05) is 24.0 Å². The van der Waals surface area contributed by atoms with Crippen molar-refractivity contribution < 1.29 is 4.74 Å². The predicted molar refractivity (Wildman–Crippen MR) is 149 cm³/mol. The van der Waals surface area contributed by atoms with Gasteiger partial charge in [0.1, 0.15) is 6.73 Å². The molecule has 5 nitrogen and oxygen atoms in total. The number of hydrogen-bond donors (Lipinski definition) is 0. The number of nitrogens with zero attached hydrogens (tertiary/aromatic N) is 4. The number of imidazole rings is 1. The van der Waals surface area contributed by atoms with E-state index in [9.17, 15) is 0 Å². The highest BCUT2D eigenvalue weighted by Gasteiger charge is 2.18. The van der Waals surface area contributed by atoms with Gasteiger partial charge in [0.05, 0.1) is 17.7 Å². The quantitative estimate of drug-likeness (QED) is 0.120. The van der Waals surface area contributed by atoms with E-state index in [-0.39, 0.29) is 0 Å². The minimum Gasteiger partial charge on any atom is -0.361 e. The van der Waals surface area contributed by atoms with Crippen molar-refractivity contribution in [3.05, 3.63) is 76.1 Å². The Kier molecular flexibility index (Phi) is 7.72. The first kappa shape index (κ1) is 24.8. The van der Waals surface area contributed by atoms with E-state index in [1.54, 1.807) is 11.3 Å². The lowest BCUT2D eigenvalue weighted by Gasteiger charge is -2.25. The van der Waals surface area contributed by atoms with Crippen LogP contribution in [-0.2, 0) is 4.74 Å². The molecule has 0 radical (unpaired) electrons. The molecule has 4 aromatic rings. The molecule has 0 aliphatic carbocycles. The second-order valence-corrected chi connectivity index (χ2v) is 17.1. The molecule has 0 saturated carbocycles. The Morgan fingerprint density at radius 1 is 1.09 bits per heavy atom. The molecule has 0 N–H and O–H groups in total. The third kappa shape index (κ3) is 6.24. The first-order valence-electron chi connectivity index (χ1n) is 11.4.